The third-order valence-corrected chi connectivity index (χ3v) is 4.71. The Kier molecular flexibility index (Phi) is 3.98. The van der Waals surface area contributed by atoms with Crippen LogP contribution in [0.25, 0.3) is 5.65 Å². The fourth-order valence-corrected chi connectivity index (χ4v) is 3.28. The third kappa shape index (κ3) is 2.99. The van der Waals surface area contributed by atoms with Crippen LogP contribution in [0.2, 0.25) is 9.36 Å². The van der Waals surface area contributed by atoms with Crippen molar-refractivity contribution in [1.82, 2.24) is 14.7 Å². The summed E-state index contributed by atoms with van der Waals surface area (Å²) in [7, 11) is 0. The van der Waals surface area contributed by atoms with E-state index in [0.717, 1.165) is 15.7 Å². The van der Waals surface area contributed by atoms with Gasteiger partial charge in [-0.3, -0.25) is 0 Å². The molecule has 1 N–H and O–H groups in total. The van der Waals surface area contributed by atoms with Crippen LogP contribution in [0.1, 0.15) is 23.5 Å². The van der Waals surface area contributed by atoms with Gasteiger partial charge >= 0.3 is 0 Å². The van der Waals surface area contributed by atoms with Crippen molar-refractivity contribution in [3.63, 3.8) is 0 Å². The van der Waals surface area contributed by atoms with Crippen molar-refractivity contribution in [2.24, 2.45) is 0 Å². The topological polar surface area (TPSA) is 29.3 Å². The minimum atomic E-state index is 0.251. The lowest BCUT2D eigenvalue weighted by atomic mass is 10.2. The van der Waals surface area contributed by atoms with Crippen LogP contribution >= 0.6 is 34.5 Å². The molecule has 1 unspecified atom stereocenters. The number of hydrogen-bond donors (Lipinski definition) is 1. The Morgan fingerprint density at radius 2 is 2.10 bits per heavy atom. The Morgan fingerprint density at radius 3 is 2.85 bits per heavy atom. The Morgan fingerprint density at radius 1 is 1.25 bits per heavy atom. The fraction of sp³-hybridized carbons (Fsp3) is 0.214. The lowest BCUT2D eigenvalue weighted by Crippen LogP contribution is -2.17. The molecule has 0 fully saturated rings. The van der Waals surface area contributed by atoms with Gasteiger partial charge in [0.05, 0.1) is 15.1 Å². The van der Waals surface area contributed by atoms with Gasteiger partial charge in [0.15, 0.2) is 0 Å². The van der Waals surface area contributed by atoms with Gasteiger partial charge in [0, 0.05) is 29.9 Å². The van der Waals surface area contributed by atoms with E-state index in [4.69, 9.17) is 23.2 Å². The van der Waals surface area contributed by atoms with Crippen LogP contribution in [-0.2, 0) is 6.54 Å². The van der Waals surface area contributed by atoms with Gasteiger partial charge in [0.2, 0.25) is 0 Å². The first-order valence-electron chi connectivity index (χ1n) is 6.23. The summed E-state index contributed by atoms with van der Waals surface area (Å²) in [4.78, 5) is 5.77. The minimum Gasteiger partial charge on any atom is -0.305 e. The average molecular weight is 326 g/mol. The van der Waals surface area contributed by atoms with E-state index >= 15 is 0 Å². The van der Waals surface area contributed by atoms with Crippen LogP contribution in [0.3, 0.4) is 0 Å². The van der Waals surface area contributed by atoms with Crippen molar-refractivity contribution in [2.75, 3.05) is 0 Å². The lowest BCUT2D eigenvalue weighted by molar-refractivity contribution is 0.577. The van der Waals surface area contributed by atoms with E-state index in [1.807, 2.05) is 41.1 Å². The molecule has 104 valence electrons. The Hall–Kier alpha value is -1.07. The molecule has 3 nitrogen and oxygen atoms in total. The number of rotatable bonds is 4. The first kappa shape index (κ1) is 13.9. The summed E-state index contributed by atoms with van der Waals surface area (Å²) in [6.07, 6.45) is 3.85. The van der Waals surface area contributed by atoms with Gasteiger partial charge < -0.3 is 9.72 Å². The monoisotopic (exact) mass is 325 g/mol. The van der Waals surface area contributed by atoms with Gasteiger partial charge in [-0.2, -0.15) is 0 Å². The molecule has 0 amide bonds. The molecule has 3 aromatic heterocycles. The largest absolute Gasteiger partial charge is 0.305 e. The highest BCUT2D eigenvalue weighted by Gasteiger charge is 2.09. The molecule has 0 saturated heterocycles. The zero-order valence-electron chi connectivity index (χ0n) is 10.8. The molecule has 3 aromatic rings. The number of halogens is 2. The standard InChI is InChI=1S/C14H13Cl2N3S/c1-9(12-3-4-13(16)20-12)17-6-11-8-19-7-10(15)2-5-14(19)18-11/h2-5,7-9,17H,6H2,1H3. The maximum Gasteiger partial charge on any atom is 0.137 e. The number of imidazole rings is 1. The number of fused-ring (bicyclic) bond motifs is 1. The van der Waals surface area contributed by atoms with Crippen LogP contribution in [-0.4, -0.2) is 9.38 Å². The summed E-state index contributed by atoms with van der Waals surface area (Å²) >= 11 is 13.5. The molecule has 6 heteroatoms. The Labute approximate surface area is 131 Å². The van der Waals surface area contributed by atoms with Gasteiger partial charge in [0.25, 0.3) is 0 Å². The highest BCUT2D eigenvalue weighted by molar-refractivity contribution is 7.16. The van der Waals surface area contributed by atoms with Crippen LogP contribution < -0.4 is 5.32 Å². The fourth-order valence-electron chi connectivity index (χ4n) is 2.02. The van der Waals surface area contributed by atoms with Crippen molar-refractivity contribution in [3.05, 3.63) is 56.6 Å². The molecule has 0 bridgehead atoms. The van der Waals surface area contributed by atoms with E-state index in [2.05, 4.69) is 17.2 Å². The van der Waals surface area contributed by atoms with Crippen molar-refractivity contribution in [1.29, 1.82) is 0 Å². The number of pyridine rings is 1. The summed E-state index contributed by atoms with van der Waals surface area (Å²) < 4.78 is 2.75. The molecule has 0 aromatic carbocycles. The summed E-state index contributed by atoms with van der Waals surface area (Å²) in [5, 5.41) is 4.15. The van der Waals surface area contributed by atoms with Crippen molar-refractivity contribution in [3.8, 4) is 0 Å². The zero-order valence-corrected chi connectivity index (χ0v) is 13.1. The number of thiophene rings is 1. The molecule has 1 atom stereocenters. The van der Waals surface area contributed by atoms with E-state index in [-0.39, 0.29) is 6.04 Å². The summed E-state index contributed by atoms with van der Waals surface area (Å²) in [6.45, 7) is 2.82. The summed E-state index contributed by atoms with van der Waals surface area (Å²) in [6, 6.07) is 7.98. The first-order chi connectivity index (χ1) is 9.61. The van der Waals surface area contributed by atoms with Crippen LogP contribution in [0.5, 0.6) is 0 Å². The molecule has 3 rings (SSSR count). The predicted octanol–water partition coefficient (Wildman–Crippen LogP) is 4.55. The molecular formula is C14H13Cl2N3S. The summed E-state index contributed by atoms with van der Waals surface area (Å²) in [5.41, 5.74) is 1.89. The third-order valence-electron chi connectivity index (χ3n) is 3.07. The van der Waals surface area contributed by atoms with E-state index in [0.29, 0.717) is 11.6 Å². The molecule has 0 aliphatic rings. The molecule has 20 heavy (non-hydrogen) atoms. The molecule has 0 spiro atoms. The Balaban J connectivity index is 1.70. The smallest absolute Gasteiger partial charge is 0.137 e. The van der Waals surface area contributed by atoms with Crippen LogP contribution in [0, 0.1) is 0 Å². The number of aromatic nitrogens is 2. The van der Waals surface area contributed by atoms with E-state index in [1.54, 1.807) is 11.3 Å². The maximum atomic E-state index is 5.96. The first-order valence-corrected chi connectivity index (χ1v) is 7.81. The van der Waals surface area contributed by atoms with E-state index < -0.39 is 0 Å². The van der Waals surface area contributed by atoms with Gasteiger partial charge in [-0.05, 0) is 31.2 Å². The lowest BCUT2D eigenvalue weighted by Gasteiger charge is -2.10. The van der Waals surface area contributed by atoms with Gasteiger partial charge in [-0.1, -0.05) is 23.2 Å². The van der Waals surface area contributed by atoms with Gasteiger partial charge in [0.1, 0.15) is 5.65 Å². The van der Waals surface area contributed by atoms with Crippen LogP contribution in [0.15, 0.2) is 36.7 Å². The van der Waals surface area contributed by atoms with Crippen molar-refractivity contribution >= 4 is 40.2 Å². The molecular weight excluding hydrogens is 313 g/mol. The second-order valence-corrected chi connectivity index (χ2v) is 6.77. The molecule has 0 aliphatic heterocycles. The SMILES string of the molecule is CC(NCc1cn2cc(Cl)ccc2n1)c1ccc(Cl)s1. The van der Waals surface area contributed by atoms with Crippen LogP contribution in [0.4, 0.5) is 0 Å². The number of nitrogens with zero attached hydrogens (tertiary/aromatic N) is 2. The Bertz CT molecular complexity index is 735. The highest BCUT2D eigenvalue weighted by Crippen LogP contribution is 2.26. The van der Waals surface area contributed by atoms with Gasteiger partial charge in [-0.15, -0.1) is 11.3 Å². The summed E-state index contributed by atoms with van der Waals surface area (Å²) in [5.74, 6) is 0. The molecule has 0 radical (unpaired) electrons. The van der Waals surface area contributed by atoms with Crippen molar-refractivity contribution in [2.45, 2.75) is 19.5 Å². The quantitative estimate of drug-likeness (QED) is 0.762. The van der Waals surface area contributed by atoms with E-state index in [9.17, 15) is 0 Å². The predicted molar refractivity (Wildman–Crippen MR) is 84.8 cm³/mol. The average Bonchev–Trinajstić information content (AvgIpc) is 3.01. The van der Waals surface area contributed by atoms with Gasteiger partial charge in [-0.25, -0.2) is 4.98 Å². The second kappa shape index (κ2) is 5.74. The second-order valence-electron chi connectivity index (χ2n) is 4.59. The van der Waals surface area contributed by atoms with Crippen molar-refractivity contribution < 1.29 is 0 Å². The highest BCUT2D eigenvalue weighted by atomic mass is 35.5. The molecule has 3 heterocycles. The normalized spacial score (nSPS) is 12.9. The zero-order chi connectivity index (χ0) is 14.1. The molecule has 0 aliphatic carbocycles. The molecule has 0 saturated carbocycles. The minimum absolute atomic E-state index is 0.251. The van der Waals surface area contributed by atoms with E-state index in [1.165, 1.54) is 4.88 Å². The maximum absolute atomic E-state index is 5.96. The number of hydrogen-bond acceptors (Lipinski definition) is 3. The number of nitrogens with one attached hydrogen (secondary N) is 1.